The standard InChI is InChI=1S/C13H14BrClN2O/c1-8(2)17-12(11(14)7-16-17)13(18)9-4-3-5-10(15)6-9/h3-8,13,18H,1-2H3. The van der Waals surface area contributed by atoms with Crippen molar-refractivity contribution in [2.24, 2.45) is 0 Å². The monoisotopic (exact) mass is 328 g/mol. The van der Waals surface area contributed by atoms with Crippen LogP contribution in [-0.4, -0.2) is 14.9 Å². The zero-order valence-corrected chi connectivity index (χ0v) is 12.5. The minimum absolute atomic E-state index is 0.181. The van der Waals surface area contributed by atoms with Crippen LogP contribution in [0.4, 0.5) is 0 Å². The quantitative estimate of drug-likeness (QED) is 0.925. The average molecular weight is 330 g/mol. The third-order valence-electron chi connectivity index (χ3n) is 2.70. The zero-order valence-electron chi connectivity index (χ0n) is 10.1. The second-order valence-electron chi connectivity index (χ2n) is 4.37. The normalized spacial score (nSPS) is 13.0. The van der Waals surface area contributed by atoms with Gasteiger partial charge in [-0.15, -0.1) is 0 Å². The van der Waals surface area contributed by atoms with E-state index in [0.29, 0.717) is 5.02 Å². The van der Waals surface area contributed by atoms with Crippen molar-refractivity contribution in [2.45, 2.75) is 26.0 Å². The summed E-state index contributed by atoms with van der Waals surface area (Å²) in [6.45, 7) is 4.04. The number of aliphatic hydroxyl groups excluding tert-OH is 1. The van der Waals surface area contributed by atoms with Gasteiger partial charge >= 0.3 is 0 Å². The summed E-state index contributed by atoms with van der Waals surface area (Å²) in [7, 11) is 0. The van der Waals surface area contributed by atoms with Crippen LogP contribution in [0.15, 0.2) is 34.9 Å². The lowest BCUT2D eigenvalue weighted by Crippen LogP contribution is -2.12. The molecule has 0 aliphatic heterocycles. The second-order valence-corrected chi connectivity index (χ2v) is 5.66. The molecule has 2 aromatic rings. The molecule has 0 amide bonds. The van der Waals surface area contributed by atoms with Gasteiger partial charge in [0.2, 0.25) is 0 Å². The Kier molecular flexibility index (Phi) is 4.10. The summed E-state index contributed by atoms with van der Waals surface area (Å²) in [4.78, 5) is 0. The molecule has 18 heavy (non-hydrogen) atoms. The number of aromatic nitrogens is 2. The van der Waals surface area contributed by atoms with E-state index in [1.165, 1.54) is 0 Å². The number of halogens is 2. The van der Waals surface area contributed by atoms with Crippen molar-refractivity contribution >= 4 is 27.5 Å². The molecular weight excluding hydrogens is 316 g/mol. The molecule has 0 aliphatic rings. The van der Waals surface area contributed by atoms with Gasteiger partial charge < -0.3 is 5.11 Å². The minimum atomic E-state index is -0.747. The van der Waals surface area contributed by atoms with Crippen LogP contribution < -0.4 is 0 Å². The van der Waals surface area contributed by atoms with E-state index in [-0.39, 0.29) is 6.04 Å². The molecule has 5 heteroatoms. The van der Waals surface area contributed by atoms with Gasteiger partial charge in [-0.1, -0.05) is 23.7 Å². The highest BCUT2D eigenvalue weighted by atomic mass is 79.9. The zero-order chi connectivity index (χ0) is 13.3. The molecule has 1 unspecified atom stereocenters. The maximum atomic E-state index is 10.5. The van der Waals surface area contributed by atoms with Crippen LogP contribution in [0.25, 0.3) is 0 Å². The molecular formula is C13H14BrClN2O. The van der Waals surface area contributed by atoms with Gasteiger partial charge in [0.05, 0.1) is 16.4 Å². The first-order chi connectivity index (χ1) is 8.50. The Morgan fingerprint density at radius 3 is 2.72 bits per heavy atom. The molecule has 0 saturated heterocycles. The van der Waals surface area contributed by atoms with Crippen LogP contribution in [0.3, 0.4) is 0 Å². The molecule has 1 N–H and O–H groups in total. The van der Waals surface area contributed by atoms with Gasteiger partial charge in [-0.25, -0.2) is 0 Å². The first kappa shape index (κ1) is 13.6. The van der Waals surface area contributed by atoms with Gasteiger partial charge in [-0.2, -0.15) is 5.10 Å². The van der Waals surface area contributed by atoms with Crippen LogP contribution >= 0.6 is 27.5 Å². The molecule has 0 spiro atoms. The smallest absolute Gasteiger partial charge is 0.122 e. The Labute approximate surface area is 120 Å². The van der Waals surface area contributed by atoms with Crippen molar-refractivity contribution in [3.63, 3.8) is 0 Å². The molecule has 1 atom stereocenters. The van der Waals surface area contributed by atoms with Crippen molar-refractivity contribution in [2.75, 3.05) is 0 Å². The van der Waals surface area contributed by atoms with Gasteiger partial charge in [0.15, 0.2) is 0 Å². The fourth-order valence-electron chi connectivity index (χ4n) is 1.85. The number of benzene rings is 1. The lowest BCUT2D eigenvalue weighted by atomic mass is 10.1. The van der Waals surface area contributed by atoms with Gasteiger partial charge in [0.25, 0.3) is 0 Å². The van der Waals surface area contributed by atoms with E-state index in [1.54, 1.807) is 23.0 Å². The Hall–Kier alpha value is -0.840. The molecule has 1 aromatic heterocycles. The second kappa shape index (κ2) is 5.43. The summed E-state index contributed by atoms with van der Waals surface area (Å²) < 4.78 is 2.60. The molecule has 0 radical (unpaired) electrons. The molecule has 0 bridgehead atoms. The maximum Gasteiger partial charge on any atom is 0.122 e. The lowest BCUT2D eigenvalue weighted by molar-refractivity contribution is 0.204. The van der Waals surface area contributed by atoms with Crippen molar-refractivity contribution in [1.29, 1.82) is 0 Å². The molecule has 0 saturated carbocycles. The topological polar surface area (TPSA) is 38.0 Å². The fraction of sp³-hybridized carbons (Fsp3) is 0.308. The van der Waals surface area contributed by atoms with Crippen LogP contribution in [0, 0.1) is 0 Å². The fourth-order valence-corrected chi connectivity index (χ4v) is 2.54. The van der Waals surface area contributed by atoms with Gasteiger partial charge in [0, 0.05) is 11.1 Å². The Morgan fingerprint density at radius 2 is 2.11 bits per heavy atom. The molecule has 0 fully saturated rings. The molecule has 0 aliphatic carbocycles. The summed E-state index contributed by atoms with van der Waals surface area (Å²) in [5.41, 5.74) is 1.50. The van der Waals surface area contributed by atoms with E-state index in [0.717, 1.165) is 15.7 Å². The van der Waals surface area contributed by atoms with E-state index in [4.69, 9.17) is 11.6 Å². The Balaban J connectivity index is 2.45. The third kappa shape index (κ3) is 2.60. The van der Waals surface area contributed by atoms with Crippen molar-refractivity contribution in [3.8, 4) is 0 Å². The average Bonchev–Trinajstić information content (AvgIpc) is 2.70. The van der Waals surface area contributed by atoms with Gasteiger partial charge in [-0.05, 0) is 47.5 Å². The highest BCUT2D eigenvalue weighted by molar-refractivity contribution is 9.10. The Morgan fingerprint density at radius 1 is 1.39 bits per heavy atom. The number of hydrogen-bond acceptors (Lipinski definition) is 2. The number of rotatable bonds is 3. The predicted molar refractivity (Wildman–Crippen MR) is 75.8 cm³/mol. The SMILES string of the molecule is CC(C)n1ncc(Br)c1C(O)c1cccc(Cl)c1. The molecule has 3 nitrogen and oxygen atoms in total. The van der Waals surface area contributed by atoms with Gasteiger partial charge in [-0.3, -0.25) is 4.68 Å². The molecule has 1 aromatic carbocycles. The summed E-state index contributed by atoms with van der Waals surface area (Å²) >= 11 is 9.37. The largest absolute Gasteiger partial charge is 0.382 e. The van der Waals surface area contributed by atoms with E-state index in [9.17, 15) is 5.11 Å². The van der Waals surface area contributed by atoms with Crippen LogP contribution in [-0.2, 0) is 0 Å². The summed E-state index contributed by atoms with van der Waals surface area (Å²) in [5.74, 6) is 0. The summed E-state index contributed by atoms with van der Waals surface area (Å²) in [6, 6.07) is 7.40. The van der Waals surface area contributed by atoms with Crippen LogP contribution in [0.1, 0.15) is 37.3 Å². The first-order valence-electron chi connectivity index (χ1n) is 5.67. The molecule has 2 rings (SSSR count). The number of nitrogens with zero attached hydrogens (tertiary/aromatic N) is 2. The first-order valence-corrected chi connectivity index (χ1v) is 6.84. The third-order valence-corrected chi connectivity index (χ3v) is 3.55. The predicted octanol–water partition coefficient (Wildman–Crippen LogP) is 3.96. The molecule has 1 heterocycles. The van der Waals surface area contributed by atoms with Crippen LogP contribution in [0.5, 0.6) is 0 Å². The highest BCUT2D eigenvalue weighted by Gasteiger charge is 2.21. The van der Waals surface area contributed by atoms with E-state index in [2.05, 4.69) is 21.0 Å². The lowest BCUT2D eigenvalue weighted by Gasteiger charge is -2.17. The van der Waals surface area contributed by atoms with E-state index >= 15 is 0 Å². The van der Waals surface area contributed by atoms with Crippen molar-refractivity contribution < 1.29 is 5.11 Å². The van der Waals surface area contributed by atoms with Crippen LogP contribution in [0.2, 0.25) is 5.02 Å². The van der Waals surface area contributed by atoms with Gasteiger partial charge in [0.1, 0.15) is 6.10 Å². The summed E-state index contributed by atoms with van der Waals surface area (Å²) in [6.07, 6.45) is 0.950. The van der Waals surface area contributed by atoms with E-state index < -0.39 is 6.10 Å². The maximum absolute atomic E-state index is 10.5. The highest BCUT2D eigenvalue weighted by Crippen LogP contribution is 2.31. The minimum Gasteiger partial charge on any atom is -0.382 e. The van der Waals surface area contributed by atoms with Crippen molar-refractivity contribution in [3.05, 3.63) is 51.2 Å². The number of aliphatic hydroxyl groups is 1. The van der Waals surface area contributed by atoms with E-state index in [1.807, 2.05) is 26.0 Å². The Bertz CT molecular complexity index is 554. The summed E-state index contributed by atoms with van der Waals surface area (Å²) in [5, 5.41) is 15.3. The molecule has 96 valence electrons. The number of hydrogen-bond donors (Lipinski definition) is 1. The van der Waals surface area contributed by atoms with Crippen molar-refractivity contribution in [1.82, 2.24) is 9.78 Å².